The van der Waals surface area contributed by atoms with Gasteiger partial charge in [-0.25, -0.2) is 0 Å². The van der Waals surface area contributed by atoms with Gasteiger partial charge >= 0.3 is 0 Å². The Morgan fingerprint density at radius 1 is 1.03 bits per heavy atom. The molecule has 34 heavy (non-hydrogen) atoms. The molecule has 0 atom stereocenters. The van der Waals surface area contributed by atoms with E-state index in [1.165, 1.54) is 24.6 Å². The van der Waals surface area contributed by atoms with Crippen molar-refractivity contribution in [2.24, 2.45) is 0 Å². The molecule has 3 aromatic carbocycles. The number of para-hydroxylation sites is 1. The molecule has 1 fully saturated rings. The first-order valence-corrected chi connectivity index (χ1v) is 12.7. The van der Waals surface area contributed by atoms with Gasteiger partial charge in [0.2, 0.25) is 0 Å². The van der Waals surface area contributed by atoms with Crippen LogP contribution in [0.4, 0.5) is 5.69 Å². The topological polar surface area (TPSA) is 49.4 Å². The molecule has 6 heteroatoms. The fourth-order valence-corrected chi connectivity index (χ4v) is 5.73. The molecule has 1 N–H and O–H groups in total. The maximum Gasteiger partial charge on any atom is 0.265 e. The van der Waals surface area contributed by atoms with Crippen LogP contribution < -0.4 is 10.2 Å². The standard InChI is InChI=1S/C28H25ClN2O2S/c29-22-7-5-6-20(16-22)18-31-24-10-3-4-11-25(24)34-26(28(31)33)17-19-12-14-21(15-13-19)27(32)30-23-8-1-2-9-23/h3-7,10-17,23H,1-2,8-9,18H2,(H,30,32). The van der Waals surface area contributed by atoms with E-state index >= 15 is 0 Å². The maximum absolute atomic E-state index is 13.5. The summed E-state index contributed by atoms with van der Waals surface area (Å²) in [5.41, 5.74) is 3.40. The Bertz CT molecular complexity index is 1250. The van der Waals surface area contributed by atoms with E-state index in [1.807, 2.05) is 78.9 Å². The molecule has 0 aromatic heterocycles. The van der Waals surface area contributed by atoms with E-state index in [9.17, 15) is 9.59 Å². The van der Waals surface area contributed by atoms with Gasteiger partial charge in [-0.15, -0.1) is 0 Å². The molecule has 0 bridgehead atoms. The predicted molar refractivity (Wildman–Crippen MR) is 139 cm³/mol. The van der Waals surface area contributed by atoms with Gasteiger partial charge in [0.05, 0.1) is 17.1 Å². The van der Waals surface area contributed by atoms with Crippen LogP contribution in [0.15, 0.2) is 82.6 Å². The lowest BCUT2D eigenvalue weighted by molar-refractivity contribution is -0.114. The first-order chi connectivity index (χ1) is 16.6. The summed E-state index contributed by atoms with van der Waals surface area (Å²) in [6, 6.07) is 23.2. The number of rotatable bonds is 5. The number of nitrogens with zero attached hydrogens (tertiary/aromatic N) is 1. The Morgan fingerprint density at radius 3 is 2.56 bits per heavy atom. The molecule has 0 radical (unpaired) electrons. The summed E-state index contributed by atoms with van der Waals surface area (Å²) < 4.78 is 0. The smallest absolute Gasteiger partial charge is 0.265 e. The first kappa shape index (κ1) is 22.8. The number of carbonyl (C=O) groups excluding carboxylic acids is 2. The molecule has 0 saturated heterocycles. The fraction of sp³-hybridized carbons (Fsp3) is 0.214. The molecule has 3 aromatic rings. The summed E-state index contributed by atoms with van der Waals surface area (Å²) in [5.74, 6) is -0.0810. The van der Waals surface area contributed by atoms with E-state index in [0.29, 0.717) is 22.0 Å². The van der Waals surface area contributed by atoms with E-state index in [0.717, 1.165) is 34.6 Å². The molecule has 1 heterocycles. The number of benzene rings is 3. The van der Waals surface area contributed by atoms with Crippen molar-refractivity contribution in [2.75, 3.05) is 4.90 Å². The van der Waals surface area contributed by atoms with Gasteiger partial charge in [-0.05, 0) is 66.4 Å². The van der Waals surface area contributed by atoms with Crippen molar-refractivity contribution in [3.05, 3.63) is 99.4 Å². The Hall–Kier alpha value is -3.02. The van der Waals surface area contributed by atoms with Crippen LogP contribution in [0.25, 0.3) is 6.08 Å². The number of hydrogen-bond donors (Lipinski definition) is 1. The molecule has 5 rings (SSSR count). The summed E-state index contributed by atoms with van der Waals surface area (Å²) in [6.07, 6.45) is 6.37. The van der Waals surface area contributed by atoms with Gasteiger partial charge in [0.1, 0.15) is 0 Å². The highest BCUT2D eigenvalue weighted by Gasteiger charge is 2.29. The van der Waals surface area contributed by atoms with Crippen LogP contribution in [-0.2, 0) is 11.3 Å². The second-order valence-electron chi connectivity index (χ2n) is 8.68. The number of amides is 2. The Labute approximate surface area is 209 Å². The van der Waals surface area contributed by atoms with Crippen molar-refractivity contribution in [3.8, 4) is 0 Å². The van der Waals surface area contributed by atoms with Gasteiger partial charge in [-0.3, -0.25) is 9.59 Å². The second-order valence-corrected chi connectivity index (χ2v) is 10.2. The lowest BCUT2D eigenvalue weighted by atomic mass is 10.1. The predicted octanol–water partition coefficient (Wildman–Crippen LogP) is 6.69. The van der Waals surface area contributed by atoms with Crippen LogP contribution in [0.1, 0.15) is 47.2 Å². The van der Waals surface area contributed by atoms with Crippen LogP contribution in [0.5, 0.6) is 0 Å². The lowest BCUT2D eigenvalue weighted by Crippen LogP contribution is -2.33. The van der Waals surface area contributed by atoms with E-state index in [-0.39, 0.29) is 17.9 Å². The number of halogens is 1. The van der Waals surface area contributed by atoms with E-state index in [4.69, 9.17) is 11.6 Å². The number of nitrogens with one attached hydrogen (secondary N) is 1. The molecular formula is C28H25ClN2O2S. The van der Waals surface area contributed by atoms with Crippen LogP contribution in [0.3, 0.4) is 0 Å². The van der Waals surface area contributed by atoms with Gasteiger partial charge in [0.25, 0.3) is 11.8 Å². The summed E-state index contributed by atoms with van der Waals surface area (Å²) >= 11 is 7.64. The van der Waals surface area contributed by atoms with Gasteiger partial charge in [-0.1, -0.05) is 72.6 Å². The Kier molecular flexibility index (Phi) is 6.75. The average Bonchev–Trinajstić information content (AvgIpc) is 3.35. The lowest BCUT2D eigenvalue weighted by Gasteiger charge is -2.30. The highest BCUT2D eigenvalue weighted by Crippen LogP contribution is 2.42. The third kappa shape index (κ3) is 5.06. The average molecular weight is 489 g/mol. The van der Waals surface area contributed by atoms with E-state index < -0.39 is 0 Å². The number of anilines is 1. The number of carbonyl (C=O) groups is 2. The first-order valence-electron chi connectivity index (χ1n) is 11.5. The zero-order valence-electron chi connectivity index (χ0n) is 18.7. The number of hydrogen-bond acceptors (Lipinski definition) is 3. The molecule has 0 unspecified atom stereocenters. The highest BCUT2D eigenvalue weighted by molar-refractivity contribution is 8.04. The molecule has 172 valence electrons. The van der Waals surface area contributed by atoms with Gasteiger partial charge < -0.3 is 10.2 Å². The highest BCUT2D eigenvalue weighted by atomic mass is 35.5. The van der Waals surface area contributed by atoms with Crippen LogP contribution in [0, 0.1) is 0 Å². The molecule has 1 aliphatic carbocycles. The number of thioether (sulfide) groups is 1. The van der Waals surface area contributed by atoms with Gasteiger partial charge in [0, 0.05) is 21.5 Å². The zero-order chi connectivity index (χ0) is 23.5. The second kappa shape index (κ2) is 10.1. The minimum absolute atomic E-state index is 0.0316. The third-order valence-corrected chi connectivity index (χ3v) is 7.54. The van der Waals surface area contributed by atoms with Crippen molar-refractivity contribution in [2.45, 2.75) is 43.2 Å². The summed E-state index contributed by atoms with van der Waals surface area (Å²) in [5, 5.41) is 3.77. The number of fused-ring (bicyclic) bond motifs is 1. The van der Waals surface area contributed by atoms with Crippen molar-refractivity contribution < 1.29 is 9.59 Å². The maximum atomic E-state index is 13.5. The Morgan fingerprint density at radius 2 is 1.79 bits per heavy atom. The van der Waals surface area contributed by atoms with Crippen molar-refractivity contribution >= 4 is 46.9 Å². The van der Waals surface area contributed by atoms with E-state index in [1.54, 1.807) is 4.90 Å². The van der Waals surface area contributed by atoms with Crippen LogP contribution in [0.2, 0.25) is 5.02 Å². The van der Waals surface area contributed by atoms with Gasteiger partial charge in [-0.2, -0.15) is 0 Å². The van der Waals surface area contributed by atoms with E-state index in [2.05, 4.69) is 5.32 Å². The normalized spacial score (nSPS) is 17.1. The minimum atomic E-state index is -0.0493. The van der Waals surface area contributed by atoms with Gasteiger partial charge in [0.15, 0.2) is 0 Å². The SMILES string of the molecule is O=C(NC1CCCC1)c1ccc(C=C2Sc3ccccc3N(Cc3cccc(Cl)c3)C2=O)cc1. The molecule has 4 nitrogen and oxygen atoms in total. The van der Waals surface area contributed by atoms with Crippen molar-refractivity contribution in [3.63, 3.8) is 0 Å². The van der Waals surface area contributed by atoms with Crippen LogP contribution in [-0.4, -0.2) is 17.9 Å². The molecule has 2 aliphatic rings. The fourth-order valence-electron chi connectivity index (χ4n) is 4.46. The molecule has 2 amide bonds. The largest absolute Gasteiger partial charge is 0.349 e. The molecule has 1 aliphatic heterocycles. The molecular weight excluding hydrogens is 464 g/mol. The molecule has 0 spiro atoms. The molecule has 1 saturated carbocycles. The van der Waals surface area contributed by atoms with Crippen molar-refractivity contribution in [1.82, 2.24) is 5.32 Å². The minimum Gasteiger partial charge on any atom is -0.349 e. The summed E-state index contributed by atoms with van der Waals surface area (Å²) in [6.45, 7) is 0.439. The third-order valence-electron chi connectivity index (χ3n) is 6.22. The Balaban J connectivity index is 1.38. The zero-order valence-corrected chi connectivity index (χ0v) is 20.2. The monoisotopic (exact) mass is 488 g/mol. The summed E-state index contributed by atoms with van der Waals surface area (Å²) in [4.78, 5) is 29.5. The van der Waals surface area contributed by atoms with Crippen molar-refractivity contribution in [1.29, 1.82) is 0 Å². The van der Waals surface area contributed by atoms with Crippen LogP contribution >= 0.6 is 23.4 Å². The quantitative estimate of drug-likeness (QED) is 0.407. The summed E-state index contributed by atoms with van der Waals surface area (Å²) in [7, 11) is 0.